The number of likely N-dealkylation sites (tertiary alicyclic amines) is 1. The molecule has 1 heterocycles. The van der Waals surface area contributed by atoms with Gasteiger partial charge in [-0.05, 0) is 38.0 Å². The molecule has 3 heteroatoms. The molecular weight excluding hydrogens is 236 g/mol. The molecule has 0 radical (unpaired) electrons. The number of carbonyl (C=O) groups excluding carboxylic acids is 1. The van der Waals surface area contributed by atoms with Crippen molar-refractivity contribution < 1.29 is 4.79 Å². The first-order chi connectivity index (χ1) is 9.22. The summed E-state index contributed by atoms with van der Waals surface area (Å²) < 4.78 is 0. The summed E-state index contributed by atoms with van der Waals surface area (Å²) in [6, 6.07) is 0.107. The fourth-order valence-corrected chi connectivity index (χ4v) is 3.78. The quantitative estimate of drug-likeness (QED) is 0.853. The molecule has 0 aromatic rings. The topological polar surface area (TPSA) is 46.3 Å². The van der Waals surface area contributed by atoms with Gasteiger partial charge in [-0.3, -0.25) is 4.79 Å². The minimum Gasteiger partial charge on any atom is -0.342 e. The van der Waals surface area contributed by atoms with Crippen LogP contribution in [0.5, 0.6) is 0 Å². The Labute approximate surface area is 117 Å². The van der Waals surface area contributed by atoms with Crippen LogP contribution in [0.25, 0.3) is 0 Å². The lowest BCUT2D eigenvalue weighted by molar-refractivity contribution is -0.137. The molecule has 2 N–H and O–H groups in total. The van der Waals surface area contributed by atoms with Gasteiger partial charge in [-0.2, -0.15) is 0 Å². The molecule has 2 fully saturated rings. The van der Waals surface area contributed by atoms with Gasteiger partial charge in [0.05, 0.1) is 5.92 Å². The first kappa shape index (κ1) is 14.8. The van der Waals surface area contributed by atoms with Gasteiger partial charge in [0.15, 0.2) is 0 Å². The van der Waals surface area contributed by atoms with Crippen LogP contribution in [0.15, 0.2) is 0 Å². The summed E-state index contributed by atoms with van der Waals surface area (Å²) in [7, 11) is 0. The van der Waals surface area contributed by atoms with E-state index in [1.54, 1.807) is 0 Å². The van der Waals surface area contributed by atoms with Gasteiger partial charge in [0, 0.05) is 19.1 Å². The van der Waals surface area contributed by atoms with Crippen molar-refractivity contribution in [2.75, 3.05) is 13.1 Å². The molecule has 1 saturated heterocycles. The summed E-state index contributed by atoms with van der Waals surface area (Å²) >= 11 is 0. The van der Waals surface area contributed by atoms with Crippen molar-refractivity contribution in [1.82, 2.24) is 4.90 Å². The standard InChI is InChI=1S/C16H30N2O/c1-2-6-13-7-5-11-18(12-10-13)16(19)14-8-3-4-9-15(14)17/h13-15H,2-12,17H2,1H3. The Balaban J connectivity index is 1.88. The van der Waals surface area contributed by atoms with Crippen molar-refractivity contribution in [3.05, 3.63) is 0 Å². The number of hydrogen-bond donors (Lipinski definition) is 1. The number of hydrogen-bond acceptors (Lipinski definition) is 2. The average molecular weight is 266 g/mol. The zero-order valence-corrected chi connectivity index (χ0v) is 12.4. The SMILES string of the molecule is CCCC1CCCN(C(=O)C2CCCCC2N)CC1. The molecule has 2 aliphatic rings. The molecule has 3 unspecified atom stereocenters. The first-order valence-electron chi connectivity index (χ1n) is 8.26. The van der Waals surface area contributed by atoms with Crippen LogP contribution < -0.4 is 5.73 Å². The van der Waals surface area contributed by atoms with Gasteiger partial charge >= 0.3 is 0 Å². The van der Waals surface area contributed by atoms with E-state index in [0.717, 1.165) is 31.8 Å². The van der Waals surface area contributed by atoms with Gasteiger partial charge in [-0.1, -0.05) is 32.6 Å². The Morgan fingerprint density at radius 2 is 1.89 bits per heavy atom. The molecular formula is C16H30N2O. The maximum absolute atomic E-state index is 12.6. The molecule has 1 aliphatic carbocycles. The second-order valence-corrected chi connectivity index (χ2v) is 6.47. The van der Waals surface area contributed by atoms with E-state index in [4.69, 9.17) is 5.73 Å². The van der Waals surface area contributed by atoms with E-state index in [0.29, 0.717) is 5.91 Å². The second-order valence-electron chi connectivity index (χ2n) is 6.47. The van der Waals surface area contributed by atoms with E-state index < -0.39 is 0 Å². The number of rotatable bonds is 3. The minimum atomic E-state index is 0.107. The van der Waals surface area contributed by atoms with Crippen molar-refractivity contribution in [2.24, 2.45) is 17.6 Å². The highest BCUT2D eigenvalue weighted by Crippen LogP contribution is 2.27. The molecule has 0 bridgehead atoms. The van der Waals surface area contributed by atoms with Gasteiger partial charge in [0.2, 0.25) is 5.91 Å². The van der Waals surface area contributed by atoms with Gasteiger partial charge in [-0.25, -0.2) is 0 Å². The van der Waals surface area contributed by atoms with E-state index in [1.807, 2.05) is 0 Å². The van der Waals surface area contributed by atoms with Gasteiger partial charge in [-0.15, -0.1) is 0 Å². The maximum Gasteiger partial charge on any atom is 0.227 e. The molecule has 0 aromatic heterocycles. The van der Waals surface area contributed by atoms with Crippen LogP contribution in [0.3, 0.4) is 0 Å². The lowest BCUT2D eigenvalue weighted by Crippen LogP contribution is -2.46. The van der Waals surface area contributed by atoms with Crippen LogP contribution >= 0.6 is 0 Å². The summed E-state index contributed by atoms with van der Waals surface area (Å²) in [5.41, 5.74) is 6.15. The largest absolute Gasteiger partial charge is 0.342 e. The van der Waals surface area contributed by atoms with Crippen molar-refractivity contribution >= 4 is 5.91 Å². The third-order valence-electron chi connectivity index (χ3n) is 4.99. The lowest BCUT2D eigenvalue weighted by atomic mass is 9.84. The highest BCUT2D eigenvalue weighted by molar-refractivity contribution is 5.79. The lowest BCUT2D eigenvalue weighted by Gasteiger charge is -2.32. The number of amides is 1. The number of carbonyl (C=O) groups is 1. The molecule has 3 atom stereocenters. The van der Waals surface area contributed by atoms with E-state index in [2.05, 4.69) is 11.8 Å². The predicted octanol–water partition coefficient (Wildman–Crippen LogP) is 2.93. The third kappa shape index (κ3) is 3.95. The third-order valence-corrected chi connectivity index (χ3v) is 4.99. The normalized spacial score (nSPS) is 32.9. The Morgan fingerprint density at radius 3 is 2.63 bits per heavy atom. The van der Waals surface area contributed by atoms with Crippen LogP contribution in [0.2, 0.25) is 0 Å². The fraction of sp³-hybridized carbons (Fsp3) is 0.938. The van der Waals surface area contributed by atoms with Crippen molar-refractivity contribution in [3.8, 4) is 0 Å². The summed E-state index contributed by atoms with van der Waals surface area (Å²) in [4.78, 5) is 14.7. The Hall–Kier alpha value is -0.570. The zero-order chi connectivity index (χ0) is 13.7. The van der Waals surface area contributed by atoms with Crippen LogP contribution in [-0.4, -0.2) is 29.9 Å². The fourth-order valence-electron chi connectivity index (χ4n) is 3.78. The van der Waals surface area contributed by atoms with Gasteiger partial charge in [0.1, 0.15) is 0 Å². The Bertz CT molecular complexity index is 292. The minimum absolute atomic E-state index is 0.107. The summed E-state index contributed by atoms with van der Waals surface area (Å²) in [6.45, 7) is 4.18. The molecule has 3 nitrogen and oxygen atoms in total. The monoisotopic (exact) mass is 266 g/mol. The highest BCUT2D eigenvalue weighted by atomic mass is 16.2. The van der Waals surface area contributed by atoms with E-state index in [-0.39, 0.29) is 12.0 Å². The zero-order valence-electron chi connectivity index (χ0n) is 12.4. The van der Waals surface area contributed by atoms with Crippen LogP contribution in [0, 0.1) is 11.8 Å². The van der Waals surface area contributed by atoms with Crippen LogP contribution in [0.1, 0.15) is 64.7 Å². The summed E-state index contributed by atoms with van der Waals surface area (Å²) in [5.74, 6) is 1.30. The summed E-state index contributed by atoms with van der Waals surface area (Å²) in [6.07, 6.45) is 10.7. The van der Waals surface area contributed by atoms with Gasteiger partial charge in [0.25, 0.3) is 0 Å². The highest BCUT2D eigenvalue weighted by Gasteiger charge is 2.32. The van der Waals surface area contributed by atoms with E-state index >= 15 is 0 Å². The van der Waals surface area contributed by atoms with E-state index in [9.17, 15) is 4.79 Å². The van der Waals surface area contributed by atoms with E-state index in [1.165, 1.54) is 44.9 Å². The van der Waals surface area contributed by atoms with Crippen LogP contribution in [0.4, 0.5) is 0 Å². The summed E-state index contributed by atoms with van der Waals surface area (Å²) in [5, 5.41) is 0. The Morgan fingerprint density at radius 1 is 1.11 bits per heavy atom. The smallest absolute Gasteiger partial charge is 0.227 e. The van der Waals surface area contributed by atoms with Crippen molar-refractivity contribution in [2.45, 2.75) is 70.8 Å². The number of nitrogens with two attached hydrogens (primary N) is 1. The van der Waals surface area contributed by atoms with Crippen molar-refractivity contribution in [3.63, 3.8) is 0 Å². The average Bonchev–Trinajstić information content (AvgIpc) is 2.65. The molecule has 1 saturated carbocycles. The molecule has 1 aliphatic heterocycles. The second kappa shape index (κ2) is 7.28. The molecule has 2 rings (SSSR count). The Kier molecular flexibility index (Phi) is 5.68. The van der Waals surface area contributed by atoms with Crippen molar-refractivity contribution in [1.29, 1.82) is 0 Å². The molecule has 0 spiro atoms. The molecule has 0 aromatic carbocycles. The maximum atomic E-state index is 12.6. The predicted molar refractivity (Wildman–Crippen MR) is 78.8 cm³/mol. The number of nitrogens with zero attached hydrogens (tertiary/aromatic N) is 1. The molecule has 19 heavy (non-hydrogen) atoms. The molecule has 110 valence electrons. The first-order valence-corrected chi connectivity index (χ1v) is 8.26. The molecule has 1 amide bonds. The van der Waals surface area contributed by atoms with Gasteiger partial charge < -0.3 is 10.6 Å². The van der Waals surface area contributed by atoms with Crippen LogP contribution in [-0.2, 0) is 4.79 Å².